The fourth-order valence-electron chi connectivity index (χ4n) is 5.23. The molecule has 0 atom stereocenters. The van der Waals surface area contributed by atoms with Crippen LogP contribution in [0.4, 0.5) is 8.78 Å². The van der Waals surface area contributed by atoms with Crippen molar-refractivity contribution in [2.75, 3.05) is 7.11 Å². The van der Waals surface area contributed by atoms with Crippen LogP contribution in [0.5, 0.6) is 5.75 Å². The van der Waals surface area contributed by atoms with Gasteiger partial charge in [0.2, 0.25) is 11.4 Å². The zero-order valence-electron chi connectivity index (χ0n) is 22.5. The monoisotopic (exact) mass is 540 g/mol. The first-order chi connectivity index (χ1) is 20.1. The predicted molar refractivity (Wildman–Crippen MR) is 161 cm³/mol. The lowest BCUT2D eigenvalue weighted by molar-refractivity contribution is -0.793. The maximum atomic E-state index is 17.3. The molecule has 41 heavy (non-hydrogen) atoms. The number of halogens is 2. The Kier molecular flexibility index (Phi) is 7.13. The number of alkyl halides is 2. The van der Waals surface area contributed by atoms with Crippen LogP contribution >= 0.6 is 0 Å². The number of rotatable bonds is 7. The van der Waals surface area contributed by atoms with Crippen LogP contribution in [-0.2, 0) is 6.05 Å². The van der Waals surface area contributed by atoms with E-state index in [-0.39, 0.29) is 5.56 Å². The van der Waals surface area contributed by atoms with Gasteiger partial charge in [-0.2, -0.15) is 0 Å². The maximum absolute atomic E-state index is 17.3. The van der Waals surface area contributed by atoms with Crippen molar-refractivity contribution in [3.8, 4) is 50.5 Å². The van der Waals surface area contributed by atoms with Crippen molar-refractivity contribution in [1.82, 2.24) is 0 Å². The molecule has 0 radical (unpaired) electrons. The third kappa shape index (κ3) is 5.12. The molecule has 0 N–H and O–H groups in total. The van der Waals surface area contributed by atoms with Crippen LogP contribution in [0, 0.1) is 0 Å². The van der Waals surface area contributed by atoms with Gasteiger partial charge in [-0.25, -0.2) is 0 Å². The van der Waals surface area contributed by atoms with Crippen molar-refractivity contribution in [3.05, 3.63) is 157 Å². The first-order valence-electron chi connectivity index (χ1n) is 13.4. The Morgan fingerprint density at radius 2 is 0.951 bits per heavy atom. The summed E-state index contributed by atoms with van der Waals surface area (Å²) in [7, 11) is 1.59. The van der Waals surface area contributed by atoms with E-state index in [4.69, 9.17) is 4.74 Å². The molecule has 6 aromatic rings. The second kappa shape index (κ2) is 11.2. The van der Waals surface area contributed by atoms with Gasteiger partial charge in [0.15, 0.2) is 0 Å². The highest BCUT2D eigenvalue weighted by atomic mass is 19.3. The lowest BCUT2D eigenvalue weighted by Crippen LogP contribution is -2.54. The molecule has 0 fully saturated rings. The molecular formula is C37H28F2NO+. The molecule has 0 saturated carbocycles. The number of benzene rings is 5. The molecular weight excluding hydrogens is 512 g/mol. The van der Waals surface area contributed by atoms with Gasteiger partial charge in [-0.05, 0) is 64.7 Å². The molecule has 0 bridgehead atoms. The van der Waals surface area contributed by atoms with E-state index < -0.39 is 6.05 Å². The molecule has 6 rings (SSSR count). The molecule has 2 nitrogen and oxygen atoms in total. The second-order valence-corrected chi connectivity index (χ2v) is 9.76. The molecule has 0 unspecified atom stereocenters. The van der Waals surface area contributed by atoms with E-state index in [0.717, 1.165) is 11.1 Å². The number of hydrogen-bond acceptors (Lipinski definition) is 1. The van der Waals surface area contributed by atoms with Gasteiger partial charge in [0.05, 0.1) is 7.11 Å². The minimum atomic E-state index is -3.41. The SMILES string of the molecule is COc1ccc(-c2ccccc2C(F)(F)[n+]2c(-c3ccccc3)cc(-c3ccccc3)cc2-c2ccccc2)cc1. The molecule has 0 aliphatic heterocycles. The summed E-state index contributed by atoms with van der Waals surface area (Å²) in [5.41, 5.74) is 5.10. The number of nitrogens with zero attached hydrogens (tertiary/aromatic N) is 1. The number of methoxy groups -OCH3 is 1. The van der Waals surface area contributed by atoms with Gasteiger partial charge in [0, 0.05) is 23.3 Å². The summed E-state index contributed by atoms with van der Waals surface area (Å²) in [4.78, 5) is 0. The van der Waals surface area contributed by atoms with Gasteiger partial charge in [0.1, 0.15) is 11.3 Å². The second-order valence-electron chi connectivity index (χ2n) is 9.76. The van der Waals surface area contributed by atoms with Crippen LogP contribution in [-0.4, -0.2) is 7.11 Å². The molecule has 4 heteroatoms. The van der Waals surface area contributed by atoms with E-state index in [1.54, 1.807) is 37.4 Å². The number of ether oxygens (including phenoxy) is 1. The van der Waals surface area contributed by atoms with Crippen molar-refractivity contribution in [2.45, 2.75) is 6.05 Å². The molecule has 0 amide bonds. The van der Waals surface area contributed by atoms with Crippen LogP contribution in [0.25, 0.3) is 44.8 Å². The quantitative estimate of drug-likeness (QED) is 0.184. The van der Waals surface area contributed by atoms with Crippen molar-refractivity contribution >= 4 is 0 Å². The van der Waals surface area contributed by atoms with E-state index in [2.05, 4.69) is 0 Å². The standard InChI is InChI=1S/C37H28F2NO/c1-41-32-23-21-28(22-24-32)33-19-11-12-20-34(33)37(38,39)40-35(29-15-7-3-8-16-29)25-31(27-13-5-2-6-14-27)26-36(40)30-17-9-4-10-18-30/h2-26H,1H3/q+1. The van der Waals surface area contributed by atoms with Gasteiger partial charge < -0.3 is 4.74 Å². The largest absolute Gasteiger partial charge is 0.497 e. The highest BCUT2D eigenvalue weighted by Gasteiger charge is 2.49. The highest BCUT2D eigenvalue weighted by Crippen LogP contribution is 2.39. The smallest absolute Gasteiger partial charge is 0.491 e. The lowest BCUT2D eigenvalue weighted by atomic mass is 9.95. The number of hydrogen-bond donors (Lipinski definition) is 0. The van der Waals surface area contributed by atoms with Crippen molar-refractivity contribution in [2.24, 2.45) is 0 Å². The molecule has 1 aromatic heterocycles. The van der Waals surface area contributed by atoms with E-state index in [0.29, 0.717) is 39.4 Å². The molecule has 5 aromatic carbocycles. The summed E-state index contributed by atoms with van der Waals surface area (Å²) in [6.45, 7) is 0. The van der Waals surface area contributed by atoms with Crippen LogP contribution in [0.2, 0.25) is 0 Å². The average molecular weight is 541 g/mol. The minimum absolute atomic E-state index is 0.0861. The third-order valence-corrected chi connectivity index (χ3v) is 7.25. The Morgan fingerprint density at radius 3 is 1.46 bits per heavy atom. The van der Waals surface area contributed by atoms with E-state index in [1.807, 2.05) is 115 Å². The molecule has 0 spiro atoms. The van der Waals surface area contributed by atoms with Crippen LogP contribution in [0.1, 0.15) is 5.56 Å². The van der Waals surface area contributed by atoms with E-state index in [1.165, 1.54) is 10.6 Å². The zero-order valence-corrected chi connectivity index (χ0v) is 22.5. The van der Waals surface area contributed by atoms with Crippen molar-refractivity contribution < 1.29 is 18.1 Å². The number of aromatic nitrogens is 1. The summed E-state index contributed by atoms with van der Waals surface area (Å²) in [6.07, 6.45) is 0. The summed E-state index contributed by atoms with van der Waals surface area (Å²) < 4.78 is 41.2. The fourth-order valence-corrected chi connectivity index (χ4v) is 5.23. The Hall–Kier alpha value is -5.09. The van der Waals surface area contributed by atoms with Crippen LogP contribution < -0.4 is 9.30 Å². The van der Waals surface area contributed by atoms with Gasteiger partial charge in [0.25, 0.3) is 0 Å². The minimum Gasteiger partial charge on any atom is -0.497 e. The van der Waals surface area contributed by atoms with Crippen molar-refractivity contribution in [3.63, 3.8) is 0 Å². The first-order valence-corrected chi connectivity index (χ1v) is 13.4. The summed E-state index contributed by atoms with van der Waals surface area (Å²) in [6, 6.07) is 42.9. The van der Waals surface area contributed by atoms with Gasteiger partial charge in [-0.15, -0.1) is 13.3 Å². The third-order valence-electron chi connectivity index (χ3n) is 7.25. The summed E-state index contributed by atoms with van der Waals surface area (Å²) >= 11 is 0. The maximum Gasteiger partial charge on any atom is 0.491 e. The average Bonchev–Trinajstić information content (AvgIpc) is 3.05. The molecule has 0 saturated heterocycles. The first kappa shape index (κ1) is 26.1. The summed E-state index contributed by atoms with van der Waals surface area (Å²) in [5, 5.41) is 0. The van der Waals surface area contributed by atoms with Gasteiger partial charge in [-0.3, -0.25) is 0 Å². The predicted octanol–water partition coefficient (Wildman–Crippen LogP) is 9.25. The molecule has 0 aliphatic carbocycles. The molecule has 200 valence electrons. The fraction of sp³-hybridized carbons (Fsp3) is 0.0541. The van der Waals surface area contributed by atoms with E-state index >= 15 is 8.78 Å². The summed E-state index contributed by atoms with van der Waals surface area (Å²) in [5.74, 6) is 0.668. The zero-order chi connectivity index (χ0) is 28.2. The lowest BCUT2D eigenvalue weighted by Gasteiger charge is -2.21. The normalized spacial score (nSPS) is 11.3. The van der Waals surface area contributed by atoms with Gasteiger partial charge >= 0.3 is 6.05 Å². The molecule has 0 aliphatic rings. The van der Waals surface area contributed by atoms with Crippen molar-refractivity contribution in [1.29, 1.82) is 0 Å². The topological polar surface area (TPSA) is 13.1 Å². The molecule has 1 heterocycles. The Morgan fingerprint density at radius 1 is 0.488 bits per heavy atom. The van der Waals surface area contributed by atoms with Crippen LogP contribution in [0.15, 0.2) is 152 Å². The van der Waals surface area contributed by atoms with Gasteiger partial charge in [-0.1, -0.05) is 97.1 Å². The Bertz CT molecular complexity index is 1710. The van der Waals surface area contributed by atoms with E-state index in [9.17, 15) is 0 Å². The van der Waals surface area contributed by atoms with Crippen LogP contribution in [0.3, 0.4) is 0 Å². The Labute approximate surface area is 238 Å². The number of pyridine rings is 1. The highest BCUT2D eigenvalue weighted by molar-refractivity contribution is 5.74. The Balaban J connectivity index is 1.66.